The molecule has 0 unspecified atom stereocenters. The Labute approximate surface area is 194 Å². The molecule has 30 heavy (non-hydrogen) atoms. The van der Waals surface area contributed by atoms with Crippen molar-refractivity contribution in [3.8, 4) is 0 Å². The van der Waals surface area contributed by atoms with Crippen molar-refractivity contribution in [2.75, 3.05) is 26.2 Å². The van der Waals surface area contributed by atoms with Crippen molar-refractivity contribution in [1.29, 1.82) is 0 Å². The van der Waals surface area contributed by atoms with Crippen molar-refractivity contribution < 1.29 is 39.3 Å². The second-order valence-electron chi connectivity index (χ2n) is 9.04. The van der Waals surface area contributed by atoms with Crippen molar-refractivity contribution in [2.24, 2.45) is 11.8 Å². The van der Waals surface area contributed by atoms with Gasteiger partial charge in [-0.05, 0) is 70.9 Å². The van der Waals surface area contributed by atoms with E-state index in [0.29, 0.717) is 0 Å². The Morgan fingerprint density at radius 2 is 1.10 bits per heavy atom. The minimum absolute atomic E-state index is 0. The third-order valence-corrected chi connectivity index (χ3v) is 6.69. The van der Waals surface area contributed by atoms with Crippen LogP contribution in [0.25, 0.3) is 0 Å². The Morgan fingerprint density at radius 1 is 0.767 bits per heavy atom. The van der Waals surface area contributed by atoms with Crippen LogP contribution in [0.4, 0.5) is 0 Å². The minimum atomic E-state index is -0.935. The summed E-state index contributed by atoms with van der Waals surface area (Å²) in [6.07, 6.45) is 10.5. The van der Waals surface area contributed by atoms with Crippen LogP contribution in [-0.4, -0.2) is 70.2 Å². The molecular formula is C23H38N2O4Zn. The van der Waals surface area contributed by atoms with Crippen LogP contribution >= 0.6 is 0 Å². The second kappa shape index (κ2) is 12.7. The zero-order chi connectivity index (χ0) is 21.6. The number of carboxylic acids is 2. The van der Waals surface area contributed by atoms with Gasteiger partial charge in [0.05, 0.1) is 0 Å². The van der Waals surface area contributed by atoms with Crippen LogP contribution in [0.3, 0.4) is 0 Å². The van der Waals surface area contributed by atoms with E-state index in [2.05, 4.69) is 23.0 Å². The van der Waals surface area contributed by atoms with E-state index in [1.807, 2.05) is 0 Å². The van der Waals surface area contributed by atoms with Crippen LogP contribution in [-0.2, 0) is 29.1 Å². The van der Waals surface area contributed by atoms with Crippen LogP contribution in [0.15, 0.2) is 24.3 Å². The summed E-state index contributed by atoms with van der Waals surface area (Å²) in [5.41, 5.74) is 0.352. The van der Waals surface area contributed by atoms with Crippen LogP contribution in [0, 0.1) is 11.8 Å². The van der Waals surface area contributed by atoms with Crippen LogP contribution in [0.5, 0.6) is 0 Å². The molecule has 4 heterocycles. The Balaban J connectivity index is 0.000000293. The van der Waals surface area contributed by atoms with Gasteiger partial charge in [-0.15, -0.1) is 0 Å². The van der Waals surface area contributed by atoms with Gasteiger partial charge in [0.1, 0.15) is 0 Å². The molecule has 0 spiro atoms. The van der Waals surface area contributed by atoms with Gasteiger partial charge in [-0.3, -0.25) is 9.80 Å². The maximum atomic E-state index is 9.60. The predicted molar refractivity (Wildman–Crippen MR) is 115 cm³/mol. The first-order valence-corrected chi connectivity index (χ1v) is 11.0. The van der Waals surface area contributed by atoms with Gasteiger partial charge < -0.3 is 10.2 Å². The Bertz CT molecular complexity index is 548. The molecule has 0 radical (unpaired) electrons. The molecule has 0 aromatic carbocycles. The summed E-state index contributed by atoms with van der Waals surface area (Å²) in [5, 5.41) is 15.8. The maximum absolute atomic E-state index is 9.60. The van der Waals surface area contributed by atoms with Gasteiger partial charge in [-0.1, -0.05) is 26.0 Å². The van der Waals surface area contributed by atoms with Crippen molar-refractivity contribution in [2.45, 2.75) is 70.9 Å². The first-order valence-electron chi connectivity index (χ1n) is 11.0. The Kier molecular flexibility index (Phi) is 11.5. The summed E-state index contributed by atoms with van der Waals surface area (Å²) in [7, 11) is 0. The van der Waals surface area contributed by atoms with E-state index in [4.69, 9.17) is 10.2 Å². The number of hydrogen-bond donors (Lipinski definition) is 2. The average molecular weight is 472 g/mol. The molecule has 4 atom stereocenters. The molecular weight excluding hydrogens is 434 g/mol. The topological polar surface area (TPSA) is 81.1 Å². The number of rotatable bonds is 2. The van der Waals surface area contributed by atoms with Gasteiger partial charge in [0.15, 0.2) is 0 Å². The fraction of sp³-hybridized carbons (Fsp3) is 0.739. The van der Waals surface area contributed by atoms with Gasteiger partial charge in [0.25, 0.3) is 0 Å². The molecule has 0 amide bonds. The van der Waals surface area contributed by atoms with E-state index in [0.717, 1.165) is 23.9 Å². The summed E-state index contributed by atoms with van der Waals surface area (Å²) < 4.78 is 0. The molecule has 4 saturated heterocycles. The number of aliphatic carboxylic acids is 2. The zero-order valence-corrected chi connectivity index (χ0v) is 21.8. The van der Waals surface area contributed by atoms with Crippen molar-refractivity contribution in [1.82, 2.24) is 9.80 Å². The molecule has 2 bridgehead atoms. The van der Waals surface area contributed by atoms with Gasteiger partial charge >= 0.3 is 11.9 Å². The zero-order valence-electron chi connectivity index (χ0n) is 18.8. The minimum Gasteiger partial charge on any atom is -0.478 e. The number of piperidine rings is 4. The standard InChI is InChI=1S/C15H26N2.2C4H6O2.Zn/c1-3-7-16-11-13-9-12(14(16)5-1)10-17-8-4-2-6-15(13)17;2*1-3(2)4(5)6;/h12-15H,1-11H2;2*1H2,2H3,(H,5,6);/t12-,13-,14-,15+;;;/m1.../s1. The third-order valence-electron chi connectivity index (χ3n) is 6.69. The van der Waals surface area contributed by atoms with E-state index in [1.165, 1.54) is 78.6 Å². The number of fused-ring (bicyclic) bond motifs is 6. The van der Waals surface area contributed by atoms with Crippen molar-refractivity contribution >= 4 is 11.9 Å². The van der Waals surface area contributed by atoms with Crippen LogP contribution < -0.4 is 0 Å². The van der Waals surface area contributed by atoms with Crippen LogP contribution in [0.1, 0.15) is 58.8 Å². The molecule has 0 saturated carbocycles. The van der Waals surface area contributed by atoms with Crippen LogP contribution in [0.2, 0.25) is 0 Å². The Hall–Kier alpha value is -1.04. The van der Waals surface area contributed by atoms with Crippen molar-refractivity contribution in [3.05, 3.63) is 24.3 Å². The molecule has 166 valence electrons. The summed E-state index contributed by atoms with van der Waals surface area (Å²) >= 11 is 0. The number of carboxylic acid groups (broad SMARTS) is 2. The largest absolute Gasteiger partial charge is 0.478 e. The summed E-state index contributed by atoms with van der Waals surface area (Å²) in [5.74, 6) is 0.164. The molecule has 2 N–H and O–H groups in total. The Morgan fingerprint density at radius 3 is 1.40 bits per heavy atom. The second-order valence-corrected chi connectivity index (χ2v) is 9.04. The van der Waals surface area contributed by atoms with E-state index in [-0.39, 0.29) is 30.6 Å². The monoisotopic (exact) mass is 470 g/mol. The fourth-order valence-electron chi connectivity index (χ4n) is 5.25. The maximum Gasteiger partial charge on any atom is 0.330 e. The fourth-order valence-corrected chi connectivity index (χ4v) is 5.25. The van der Waals surface area contributed by atoms with Gasteiger partial charge in [-0.25, -0.2) is 9.59 Å². The molecule has 4 aliphatic rings. The smallest absolute Gasteiger partial charge is 0.330 e. The van der Waals surface area contributed by atoms with E-state index >= 15 is 0 Å². The predicted octanol–water partition coefficient (Wildman–Crippen LogP) is 3.64. The summed E-state index contributed by atoms with van der Waals surface area (Å²) in [6, 6.07) is 1.92. The normalized spacial score (nSPS) is 29.8. The van der Waals surface area contributed by atoms with Gasteiger partial charge in [0.2, 0.25) is 0 Å². The van der Waals surface area contributed by atoms with Gasteiger partial charge in [0, 0.05) is 55.8 Å². The molecule has 0 aromatic rings. The van der Waals surface area contributed by atoms with E-state index < -0.39 is 11.9 Å². The van der Waals surface area contributed by atoms with E-state index in [1.54, 1.807) is 6.42 Å². The quantitative estimate of drug-likeness (QED) is 0.473. The van der Waals surface area contributed by atoms with E-state index in [9.17, 15) is 9.59 Å². The number of nitrogens with zero attached hydrogens (tertiary/aromatic N) is 2. The summed E-state index contributed by atoms with van der Waals surface area (Å²) in [6.45, 7) is 14.9. The average Bonchev–Trinajstić information content (AvgIpc) is 2.69. The van der Waals surface area contributed by atoms with Crippen molar-refractivity contribution in [3.63, 3.8) is 0 Å². The molecule has 6 nitrogen and oxygen atoms in total. The SMILES string of the molecule is C1CCN2C[C@H]3C[C@H](CN4CCCC[C@@H]34)[C@H]2C1.C=C(C)C(=O)O.C=C(C)C(=O)O.[Zn]. The first-order chi connectivity index (χ1) is 13.7. The number of carbonyl (C=O) groups is 2. The molecule has 4 aliphatic heterocycles. The molecule has 0 aromatic heterocycles. The molecule has 4 fully saturated rings. The molecule has 0 aliphatic carbocycles. The number of hydrogen-bond acceptors (Lipinski definition) is 4. The first kappa shape index (κ1) is 27.0. The van der Waals surface area contributed by atoms with Gasteiger partial charge in [-0.2, -0.15) is 0 Å². The third kappa shape index (κ3) is 7.58. The summed E-state index contributed by atoms with van der Waals surface area (Å²) in [4.78, 5) is 24.9. The molecule has 4 rings (SSSR count). The molecule has 7 heteroatoms.